The van der Waals surface area contributed by atoms with Gasteiger partial charge in [-0.15, -0.1) is 0 Å². The Morgan fingerprint density at radius 2 is 0.656 bits per heavy atom. The van der Waals surface area contributed by atoms with Gasteiger partial charge in [0, 0.05) is 17.9 Å². The molecule has 3 rings (SSSR count). The lowest BCUT2D eigenvalue weighted by Gasteiger charge is -2.03. The van der Waals surface area contributed by atoms with Crippen LogP contribution in [0.15, 0.2) is 90.7 Å². The predicted octanol–water partition coefficient (Wildman–Crippen LogP) is 11.6. The van der Waals surface area contributed by atoms with Crippen molar-refractivity contribution in [2.24, 2.45) is 0 Å². The van der Waals surface area contributed by atoms with E-state index >= 15 is 0 Å². The van der Waals surface area contributed by atoms with Crippen molar-refractivity contribution >= 4 is 109 Å². The smallest absolute Gasteiger partial charge is 0.0176 e. The summed E-state index contributed by atoms with van der Waals surface area (Å²) in [6, 6.07) is 25.2. The highest BCUT2D eigenvalue weighted by molar-refractivity contribution is 14.1. The maximum Gasteiger partial charge on any atom is 0.0176 e. The van der Waals surface area contributed by atoms with E-state index in [1.54, 1.807) is 0 Å². The molecule has 0 aliphatic carbocycles. The predicted molar refractivity (Wildman–Crippen MR) is 174 cm³/mol. The zero-order chi connectivity index (χ0) is 23.6. The summed E-state index contributed by atoms with van der Waals surface area (Å²) in [5.41, 5.74) is 2.85. The monoisotopic (exact) mass is 910 g/mol. The van der Waals surface area contributed by atoms with Crippen molar-refractivity contribution in [3.8, 4) is 0 Å². The Balaban J connectivity index is 0.000000301. The second kappa shape index (κ2) is 20.3. The first-order valence-electron chi connectivity index (χ1n) is 10.5. The van der Waals surface area contributed by atoms with E-state index in [1.165, 1.54) is 58.5 Å². The summed E-state index contributed by atoms with van der Waals surface area (Å²) in [5, 5.41) is 0. The van der Waals surface area contributed by atoms with Crippen LogP contribution in [-0.2, 0) is 12.8 Å². The normalized spacial score (nSPS) is 9.94. The molecule has 0 nitrogen and oxygen atoms in total. The molecule has 32 heavy (non-hydrogen) atoms. The number of rotatable bonds is 8. The lowest BCUT2D eigenvalue weighted by molar-refractivity contribution is 0.734. The average Bonchev–Trinajstić information content (AvgIpc) is 2.80. The zero-order valence-corrected chi connectivity index (χ0v) is 28.5. The average molecular weight is 914 g/mol. The van der Waals surface area contributed by atoms with E-state index in [0.717, 1.165) is 17.9 Å². The van der Waals surface area contributed by atoms with Crippen LogP contribution in [0.25, 0.3) is 0 Å². The zero-order valence-electron chi connectivity index (χ0n) is 17.9. The van der Waals surface area contributed by atoms with Crippen molar-refractivity contribution in [2.45, 2.75) is 38.5 Å². The molecule has 0 radical (unpaired) electrons. The van der Waals surface area contributed by atoms with Gasteiger partial charge in [-0.2, -0.15) is 0 Å². The van der Waals surface area contributed by atoms with Crippen molar-refractivity contribution in [3.05, 3.63) is 102 Å². The Labute approximate surface area is 254 Å². The van der Waals surface area contributed by atoms with Gasteiger partial charge in [-0.3, -0.25) is 0 Å². The topological polar surface area (TPSA) is 0 Å². The van der Waals surface area contributed by atoms with Gasteiger partial charge in [0.25, 0.3) is 0 Å². The van der Waals surface area contributed by atoms with Gasteiger partial charge >= 0.3 is 0 Å². The van der Waals surface area contributed by atoms with Gasteiger partial charge in [-0.05, 0) is 107 Å². The number of halogens is 6. The van der Waals surface area contributed by atoms with Gasteiger partial charge in [0.15, 0.2) is 0 Å². The molecule has 0 atom stereocenters. The third kappa shape index (κ3) is 16.6. The van der Waals surface area contributed by atoms with Gasteiger partial charge in [-0.1, -0.05) is 133 Å². The maximum absolute atomic E-state index is 3.46. The molecule has 3 aromatic carbocycles. The second-order valence-electron chi connectivity index (χ2n) is 6.98. The minimum atomic E-state index is 1.11. The molecular formula is C26H28Br4I2. The summed E-state index contributed by atoms with van der Waals surface area (Å²) in [5.74, 6) is 0. The molecule has 0 aromatic heterocycles. The molecule has 3 aromatic rings. The third-order valence-corrected chi connectivity index (χ3v) is 7.97. The molecule has 0 saturated carbocycles. The largest absolute Gasteiger partial charge is 0.0864 e. The van der Waals surface area contributed by atoms with E-state index in [1.807, 2.05) is 24.3 Å². The molecule has 174 valence electrons. The first-order valence-corrected chi connectivity index (χ1v) is 16.7. The molecular weight excluding hydrogens is 886 g/mol. The van der Waals surface area contributed by atoms with Crippen LogP contribution in [-0.4, -0.2) is 8.86 Å². The van der Waals surface area contributed by atoms with Crippen LogP contribution in [0.3, 0.4) is 0 Å². The molecule has 0 amide bonds. The quantitative estimate of drug-likeness (QED) is 0.120. The van der Waals surface area contributed by atoms with Crippen molar-refractivity contribution in [1.29, 1.82) is 0 Å². The molecule has 0 bridgehead atoms. The van der Waals surface area contributed by atoms with Crippen molar-refractivity contribution in [1.82, 2.24) is 0 Å². The van der Waals surface area contributed by atoms with E-state index < -0.39 is 0 Å². The highest BCUT2D eigenvalue weighted by Crippen LogP contribution is 2.16. The fraction of sp³-hybridized carbons (Fsp3) is 0.308. The highest BCUT2D eigenvalue weighted by Gasteiger charge is 1.96. The minimum Gasteiger partial charge on any atom is -0.0864 e. The Hall–Kier alpha value is 1.04. The van der Waals surface area contributed by atoms with Crippen LogP contribution in [0.2, 0.25) is 0 Å². The van der Waals surface area contributed by atoms with E-state index in [0.29, 0.717) is 0 Å². The summed E-state index contributed by atoms with van der Waals surface area (Å²) in [7, 11) is 0. The molecule has 0 fully saturated rings. The molecule has 0 N–H and O–H groups in total. The summed E-state index contributed by atoms with van der Waals surface area (Å²) >= 11 is 18.4. The first-order chi connectivity index (χ1) is 15.4. The number of unbranched alkanes of at least 4 members (excludes halogenated alkanes) is 2. The summed E-state index contributed by atoms with van der Waals surface area (Å²) in [6.07, 6.45) is 7.62. The van der Waals surface area contributed by atoms with E-state index in [4.69, 9.17) is 0 Å². The van der Waals surface area contributed by atoms with Gasteiger partial charge in [0.1, 0.15) is 0 Å². The molecule has 0 heterocycles. The fourth-order valence-corrected chi connectivity index (χ4v) is 4.72. The van der Waals surface area contributed by atoms with E-state index in [9.17, 15) is 0 Å². The molecule has 0 saturated heterocycles. The van der Waals surface area contributed by atoms with Crippen molar-refractivity contribution < 1.29 is 0 Å². The van der Waals surface area contributed by atoms with E-state index in [2.05, 4.69) is 157 Å². The number of aryl methyl sites for hydroxylation is 2. The molecule has 6 heteroatoms. The molecule has 0 spiro atoms. The third-order valence-electron chi connectivity index (χ3n) is 4.33. The van der Waals surface area contributed by atoms with E-state index in [-0.39, 0.29) is 0 Å². The Bertz CT molecular complexity index is 763. The van der Waals surface area contributed by atoms with Crippen LogP contribution in [0.4, 0.5) is 0 Å². The standard InChI is InChI=1S/C16H16Br2.C6H4Br2.C4H8I2/c17-15-9-5-13(6-10-15)3-1-2-4-14-7-11-16(18)12-8-14;7-5-1-2-6(8)4-3-5;5-3-1-2-4-6/h5-12H,1-4H2;1-4H;1-4H2. The SMILES string of the molecule is Brc1ccc(Br)cc1.Brc1ccc(CCCCc2ccc(Br)cc2)cc1.ICCCCI. The lowest BCUT2D eigenvalue weighted by Crippen LogP contribution is -1.89. The maximum atomic E-state index is 3.46. The summed E-state index contributed by atoms with van der Waals surface area (Å²) in [6.45, 7) is 0. The first kappa shape index (κ1) is 31.1. The Morgan fingerprint density at radius 3 is 0.906 bits per heavy atom. The van der Waals surface area contributed by atoms with Gasteiger partial charge < -0.3 is 0 Å². The number of hydrogen-bond donors (Lipinski definition) is 0. The Kier molecular flexibility index (Phi) is 19.7. The van der Waals surface area contributed by atoms with Gasteiger partial charge in [0.2, 0.25) is 0 Å². The van der Waals surface area contributed by atoms with Gasteiger partial charge in [-0.25, -0.2) is 0 Å². The van der Waals surface area contributed by atoms with Crippen LogP contribution in [0, 0.1) is 0 Å². The highest BCUT2D eigenvalue weighted by atomic mass is 127. The molecule has 0 aliphatic rings. The van der Waals surface area contributed by atoms with Gasteiger partial charge in [0.05, 0.1) is 0 Å². The van der Waals surface area contributed by atoms with Crippen LogP contribution < -0.4 is 0 Å². The number of alkyl halides is 2. The second-order valence-corrected chi connectivity index (χ2v) is 12.8. The molecule has 0 aliphatic heterocycles. The lowest BCUT2D eigenvalue weighted by atomic mass is 10.0. The van der Waals surface area contributed by atoms with Crippen LogP contribution in [0.5, 0.6) is 0 Å². The van der Waals surface area contributed by atoms with Crippen molar-refractivity contribution in [3.63, 3.8) is 0 Å². The number of benzene rings is 3. The molecule has 0 unspecified atom stereocenters. The number of hydrogen-bond acceptors (Lipinski definition) is 0. The summed E-state index contributed by atoms with van der Waals surface area (Å²) < 4.78 is 7.17. The van der Waals surface area contributed by atoms with Crippen LogP contribution >= 0.6 is 109 Å². The Morgan fingerprint density at radius 1 is 0.406 bits per heavy atom. The minimum absolute atomic E-state index is 1.11. The summed E-state index contributed by atoms with van der Waals surface area (Å²) in [4.78, 5) is 0. The fourth-order valence-electron chi connectivity index (χ4n) is 2.58. The van der Waals surface area contributed by atoms with Crippen molar-refractivity contribution in [2.75, 3.05) is 8.86 Å². The van der Waals surface area contributed by atoms with Crippen LogP contribution in [0.1, 0.15) is 36.8 Å².